The summed E-state index contributed by atoms with van der Waals surface area (Å²) in [6, 6.07) is 18.4. The highest BCUT2D eigenvalue weighted by Gasteiger charge is 2.11. The minimum atomic E-state index is -0.468. The summed E-state index contributed by atoms with van der Waals surface area (Å²) in [7, 11) is 0. The van der Waals surface area contributed by atoms with Gasteiger partial charge in [-0.2, -0.15) is 5.10 Å². The molecule has 0 aliphatic heterocycles. The second-order valence-electron chi connectivity index (χ2n) is 5.98. The summed E-state index contributed by atoms with van der Waals surface area (Å²) in [4.78, 5) is 16.3. The molecule has 0 fully saturated rings. The molecule has 0 aliphatic rings. The molecule has 6 nitrogen and oxygen atoms in total. The number of benzene rings is 3. The second kappa shape index (κ2) is 7.13. The van der Waals surface area contributed by atoms with E-state index in [1.807, 2.05) is 59.3 Å². The summed E-state index contributed by atoms with van der Waals surface area (Å²) in [5.41, 5.74) is 4.45. The quantitative estimate of drug-likeness (QED) is 0.434. The summed E-state index contributed by atoms with van der Waals surface area (Å²) in [6.07, 6.45) is 6.85. The van der Waals surface area contributed by atoms with E-state index in [9.17, 15) is 9.90 Å². The molecule has 0 saturated carbocycles. The third-order valence-electron chi connectivity index (χ3n) is 4.18. The van der Waals surface area contributed by atoms with Crippen molar-refractivity contribution >= 4 is 22.9 Å². The SMILES string of the molecule is O=C(NN=Cc1ccc(-n2ccnc2)cc1)c1cc2ccccc2cc1O. The molecule has 0 atom stereocenters. The summed E-state index contributed by atoms with van der Waals surface area (Å²) in [6.45, 7) is 0. The first-order valence-electron chi connectivity index (χ1n) is 8.34. The van der Waals surface area contributed by atoms with Crippen molar-refractivity contribution in [3.8, 4) is 11.4 Å². The molecule has 0 spiro atoms. The maximum atomic E-state index is 12.3. The lowest BCUT2D eigenvalue weighted by atomic mass is 10.1. The number of nitrogens with zero attached hydrogens (tertiary/aromatic N) is 3. The van der Waals surface area contributed by atoms with Crippen LogP contribution in [0.5, 0.6) is 5.75 Å². The van der Waals surface area contributed by atoms with Crippen LogP contribution in [0, 0.1) is 0 Å². The van der Waals surface area contributed by atoms with Crippen LogP contribution >= 0.6 is 0 Å². The lowest BCUT2D eigenvalue weighted by Gasteiger charge is -2.06. The van der Waals surface area contributed by atoms with E-state index in [1.54, 1.807) is 30.9 Å². The van der Waals surface area contributed by atoms with Gasteiger partial charge in [-0.1, -0.05) is 36.4 Å². The van der Waals surface area contributed by atoms with Gasteiger partial charge in [0.25, 0.3) is 5.91 Å². The fourth-order valence-electron chi connectivity index (χ4n) is 2.78. The number of hydrazone groups is 1. The highest BCUT2D eigenvalue weighted by Crippen LogP contribution is 2.24. The number of rotatable bonds is 4. The Kier molecular flexibility index (Phi) is 4.37. The zero-order valence-corrected chi connectivity index (χ0v) is 14.3. The molecule has 0 saturated heterocycles. The van der Waals surface area contributed by atoms with Crippen molar-refractivity contribution in [3.63, 3.8) is 0 Å². The first kappa shape index (κ1) is 16.5. The van der Waals surface area contributed by atoms with Crippen LogP contribution in [-0.2, 0) is 0 Å². The number of carbonyl (C=O) groups is 1. The monoisotopic (exact) mass is 356 g/mol. The Labute approximate surface area is 155 Å². The first-order valence-corrected chi connectivity index (χ1v) is 8.34. The summed E-state index contributed by atoms with van der Waals surface area (Å²) in [5, 5.41) is 15.8. The van der Waals surface area contributed by atoms with E-state index >= 15 is 0 Å². The Morgan fingerprint density at radius 2 is 1.81 bits per heavy atom. The molecule has 1 amide bonds. The van der Waals surface area contributed by atoms with Gasteiger partial charge < -0.3 is 9.67 Å². The van der Waals surface area contributed by atoms with E-state index in [2.05, 4.69) is 15.5 Å². The molecule has 0 bridgehead atoms. The van der Waals surface area contributed by atoms with Crippen LogP contribution in [0.2, 0.25) is 0 Å². The molecule has 0 aliphatic carbocycles. The number of carbonyl (C=O) groups excluding carboxylic acids is 1. The van der Waals surface area contributed by atoms with Gasteiger partial charge in [0.2, 0.25) is 0 Å². The van der Waals surface area contributed by atoms with Crippen LogP contribution in [0.25, 0.3) is 16.5 Å². The first-order chi connectivity index (χ1) is 13.2. The van der Waals surface area contributed by atoms with E-state index in [-0.39, 0.29) is 11.3 Å². The molecule has 1 heterocycles. The van der Waals surface area contributed by atoms with E-state index in [4.69, 9.17) is 0 Å². The van der Waals surface area contributed by atoms with E-state index in [0.29, 0.717) is 0 Å². The minimum absolute atomic E-state index is 0.0777. The van der Waals surface area contributed by atoms with Gasteiger partial charge in [0.05, 0.1) is 18.1 Å². The van der Waals surface area contributed by atoms with Gasteiger partial charge in [-0.05, 0) is 40.6 Å². The van der Waals surface area contributed by atoms with Gasteiger partial charge in [-0.3, -0.25) is 4.79 Å². The molecule has 27 heavy (non-hydrogen) atoms. The van der Waals surface area contributed by atoms with E-state index in [1.165, 1.54) is 0 Å². The Bertz CT molecular complexity index is 1120. The maximum Gasteiger partial charge on any atom is 0.275 e. The highest BCUT2D eigenvalue weighted by atomic mass is 16.3. The van der Waals surface area contributed by atoms with Crippen molar-refractivity contribution in [1.82, 2.24) is 15.0 Å². The molecule has 2 N–H and O–H groups in total. The maximum absolute atomic E-state index is 12.3. The molecule has 4 rings (SSSR count). The molecule has 6 heteroatoms. The van der Waals surface area contributed by atoms with Gasteiger partial charge in [0.15, 0.2) is 0 Å². The third kappa shape index (κ3) is 3.55. The number of amides is 1. The largest absolute Gasteiger partial charge is 0.507 e. The van der Waals surface area contributed by atoms with E-state index in [0.717, 1.165) is 22.0 Å². The fraction of sp³-hybridized carbons (Fsp3) is 0. The standard InChI is InChI=1S/C21H16N4O2/c26-20-12-17-4-2-1-3-16(17)11-19(20)21(27)24-23-13-15-5-7-18(8-6-15)25-10-9-22-14-25/h1-14,26H,(H,24,27). The van der Waals surface area contributed by atoms with Crippen molar-refractivity contribution in [2.75, 3.05) is 0 Å². The third-order valence-corrected chi connectivity index (χ3v) is 4.18. The lowest BCUT2D eigenvalue weighted by Crippen LogP contribution is -2.17. The zero-order chi connectivity index (χ0) is 18.6. The number of phenolic OH excluding ortho intramolecular Hbond substituents is 1. The predicted molar refractivity (Wildman–Crippen MR) is 104 cm³/mol. The fourth-order valence-corrected chi connectivity index (χ4v) is 2.78. The van der Waals surface area contributed by atoms with Gasteiger partial charge >= 0.3 is 0 Å². The number of hydrogen-bond acceptors (Lipinski definition) is 4. The number of aromatic hydroxyl groups is 1. The average molecular weight is 356 g/mol. The Morgan fingerprint density at radius 1 is 1.07 bits per heavy atom. The normalized spacial score (nSPS) is 11.1. The summed E-state index contributed by atoms with van der Waals surface area (Å²) >= 11 is 0. The number of fused-ring (bicyclic) bond motifs is 1. The van der Waals surface area contributed by atoms with Crippen molar-refractivity contribution in [2.24, 2.45) is 5.10 Å². The van der Waals surface area contributed by atoms with E-state index < -0.39 is 5.91 Å². The van der Waals surface area contributed by atoms with Crippen molar-refractivity contribution in [2.45, 2.75) is 0 Å². The van der Waals surface area contributed by atoms with Crippen molar-refractivity contribution in [1.29, 1.82) is 0 Å². The minimum Gasteiger partial charge on any atom is -0.507 e. The molecule has 3 aromatic carbocycles. The van der Waals surface area contributed by atoms with Gasteiger partial charge in [-0.25, -0.2) is 10.4 Å². The molecule has 0 unspecified atom stereocenters. The van der Waals surface area contributed by atoms with Crippen LogP contribution in [0.1, 0.15) is 15.9 Å². The molecular weight excluding hydrogens is 340 g/mol. The van der Waals surface area contributed by atoms with Crippen LogP contribution in [0.4, 0.5) is 0 Å². The lowest BCUT2D eigenvalue weighted by molar-refractivity contribution is 0.0952. The van der Waals surface area contributed by atoms with Gasteiger partial charge in [-0.15, -0.1) is 0 Å². The topological polar surface area (TPSA) is 79.5 Å². The molecule has 1 aromatic heterocycles. The smallest absolute Gasteiger partial charge is 0.275 e. The molecular formula is C21H16N4O2. The van der Waals surface area contributed by atoms with Crippen LogP contribution < -0.4 is 5.43 Å². The Hall–Kier alpha value is -3.93. The van der Waals surface area contributed by atoms with Crippen LogP contribution in [-0.4, -0.2) is 26.8 Å². The van der Waals surface area contributed by atoms with Crippen molar-refractivity contribution in [3.05, 3.63) is 90.5 Å². The number of hydrogen-bond donors (Lipinski definition) is 2. The zero-order valence-electron chi connectivity index (χ0n) is 14.3. The molecule has 0 radical (unpaired) electrons. The Morgan fingerprint density at radius 3 is 2.52 bits per heavy atom. The number of aromatic nitrogens is 2. The Balaban J connectivity index is 1.46. The van der Waals surface area contributed by atoms with Crippen LogP contribution in [0.3, 0.4) is 0 Å². The average Bonchev–Trinajstić information content (AvgIpc) is 3.22. The van der Waals surface area contributed by atoms with Gasteiger partial charge in [0, 0.05) is 18.1 Å². The number of imidazole rings is 1. The summed E-state index contributed by atoms with van der Waals surface area (Å²) in [5.74, 6) is -0.546. The number of nitrogens with one attached hydrogen (secondary N) is 1. The van der Waals surface area contributed by atoms with Gasteiger partial charge in [0.1, 0.15) is 5.75 Å². The van der Waals surface area contributed by atoms with Crippen molar-refractivity contribution < 1.29 is 9.90 Å². The summed E-state index contributed by atoms with van der Waals surface area (Å²) < 4.78 is 1.89. The molecule has 132 valence electrons. The van der Waals surface area contributed by atoms with Crippen LogP contribution in [0.15, 0.2) is 84.5 Å². The number of phenols is 1. The second-order valence-corrected chi connectivity index (χ2v) is 5.98. The highest BCUT2D eigenvalue weighted by molar-refractivity contribution is 6.01. The predicted octanol–water partition coefficient (Wildman–Crippen LogP) is 3.50. The molecule has 4 aromatic rings.